The fraction of sp³-hybridized carbons (Fsp3) is 0.125. The van der Waals surface area contributed by atoms with E-state index in [1.807, 2.05) is 24.3 Å². The average molecular weight is 373 g/mol. The largest absolute Gasteiger partial charge is 0.573 e. The summed E-state index contributed by atoms with van der Waals surface area (Å²) >= 11 is 3.38. The van der Waals surface area contributed by atoms with Crippen molar-refractivity contribution in [3.05, 3.63) is 58.1 Å². The van der Waals surface area contributed by atoms with Crippen LogP contribution in [0.25, 0.3) is 12.2 Å². The summed E-state index contributed by atoms with van der Waals surface area (Å²) in [5.74, 6) is 0.459. The minimum Gasteiger partial charge on any atom is -0.496 e. The van der Waals surface area contributed by atoms with Crippen LogP contribution >= 0.6 is 15.9 Å². The quantitative estimate of drug-likeness (QED) is 0.657. The van der Waals surface area contributed by atoms with Crippen molar-refractivity contribution in [2.75, 3.05) is 7.11 Å². The molecule has 0 N–H and O–H groups in total. The van der Waals surface area contributed by atoms with Gasteiger partial charge in [0.2, 0.25) is 0 Å². The SMILES string of the molecule is COc1ccc(Br)cc1/C=C/c1ccc(OC(F)(F)F)cc1. The molecule has 0 atom stereocenters. The van der Waals surface area contributed by atoms with Crippen LogP contribution in [0, 0.1) is 0 Å². The lowest BCUT2D eigenvalue weighted by Crippen LogP contribution is -2.16. The Morgan fingerprint density at radius 3 is 2.27 bits per heavy atom. The molecule has 0 aliphatic rings. The Kier molecular flexibility index (Phi) is 5.13. The first-order valence-corrected chi connectivity index (χ1v) is 7.04. The molecule has 2 aromatic carbocycles. The molecule has 0 heterocycles. The summed E-state index contributed by atoms with van der Waals surface area (Å²) in [5, 5.41) is 0. The van der Waals surface area contributed by atoms with Crippen molar-refractivity contribution in [1.82, 2.24) is 0 Å². The molecule has 116 valence electrons. The molecule has 2 rings (SSSR count). The number of hydrogen-bond donors (Lipinski definition) is 0. The van der Waals surface area contributed by atoms with Crippen molar-refractivity contribution in [2.45, 2.75) is 6.36 Å². The molecule has 0 fully saturated rings. The number of hydrogen-bond acceptors (Lipinski definition) is 2. The van der Waals surface area contributed by atoms with Crippen molar-refractivity contribution in [3.63, 3.8) is 0 Å². The Hall–Kier alpha value is -1.95. The minimum atomic E-state index is -4.68. The van der Waals surface area contributed by atoms with Gasteiger partial charge in [0.15, 0.2) is 0 Å². The highest BCUT2D eigenvalue weighted by Gasteiger charge is 2.30. The van der Waals surface area contributed by atoms with Crippen molar-refractivity contribution in [3.8, 4) is 11.5 Å². The van der Waals surface area contributed by atoms with E-state index >= 15 is 0 Å². The lowest BCUT2D eigenvalue weighted by atomic mass is 10.1. The fourth-order valence-corrected chi connectivity index (χ4v) is 2.18. The molecule has 0 aliphatic carbocycles. The van der Waals surface area contributed by atoms with E-state index in [4.69, 9.17) is 4.74 Å². The van der Waals surface area contributed by atoms with Crippen molar-refractivity contribution in [2.24, 2.45) is 0 Å². The highest BCUT2D eigenvalue weighted by molar-refractivity contribution is 9.10. The van der Waals surface area contributed by atoms with E-state index in [0.717, 1.165) is 15.6 Å². The summed E-state index contributed by atoms with van der Waals surface area (Å²) in [5.41, 5.74) is 1.60. The van der Waals surface area contributed by atoms with E-state index in [1.165, 1.54) is 12.1 Å². The first kappa shape index (κ1) is 16.4. The van der Waals surface area contributed by atoms with Crippen LogP contribution in [-0.2, 0) is 0 Å². The molecule has 0 unspecified atom stereocenters. The topological polar surface area (TPSA) is 18.5 Å². The van der Waals surface area contributed by atoms with Gasteiger partial charge in [-0.3, -0.25) is 0 Å². The zero-order valence-electron chi connectivity index (χ0n) is 11.5. The van der Waals surface area contributed by atoms with Crippen molar-refractivity contribution in [1.29, 1.82) is 0 Å². The molecule has 0 aromatic heterocycles. The van der Waals surface area contributed by atoms with Gasteiger partial charge in [-0.1, -0.05) is 40.2 Å². The Morgan fingerprint density at radius 1 is 1.00 bits per heavy atom. The molecule has 0 aliphatic heterocycles. The van der Waals surface area contributed by atoms with Crippen LogP contribution in [0.4, 0.5) is 13.2 Å². The normalized spacial score (nSPS) is 11.7. The Morgan fingerprint density at radius 2 is 1.68 bits per heavy atom. The molecular weight excluding hydrogens is 361 g/mol. The van der Waals surface area contributed by atoms with Gasteiger partial charge in [0.1, 0.15) is 11.5 Å². The van der Waals surface area contributed by atoms with Crippen LogP contribution < -0.4 is 9.47 Å². The maximum atomic E-state index is 12.1. The van der Waals surface area contributed by atoms with Gasteiger partial charge in [0, 0.05) is 10.0 Å². The van der Waals surface area contributed by atoms with Gasteiger partial charge < -0.3 is 9.47 Å². The lowest BCUT2D eigenvalue weighted by Gasteiger charge is -2.08. The minimum absolute atomic E-state index is 0.246. The smallest absolute Gasteiger partial charge is 0.496 e. The van der Waals surface area contributed by atoms with Gasteiger partial charge in [0.05, 0.1) is 7.11 Å². The van der Waals surface area contributed by atoms with Crippen LogP contribution in [0.5, 0.6) is 11.5 Å². The van der Waals surface area contributed by atoms with E-state index in [-0.39, 0.29) is 5.75 Å². The Balaban J connectivity index is 2.15. The van der Waals surface area contributed by atoms with Gasteiger partial charge in [-0.25, -0.2) is 0 Å². The fourth-order valence-electron chi connectivity index (χ4n) is 1.80. The number of rotatable bonds is 4. The van der Waals surface area contributed by atoms with E-state index < -0.39 is 6.36 Å². The summed E-state index contributed by atoms with van der Waals surface area (Å²) in [6.45, 7) is 0. The van der Waals surface area contributed by atoms with Gasteiger partial charge in [0.25, 0.3) is 0 Å². The van der Waals surface area contributed by atoms with Gasteiger partial charge >= 0.3 is 6.36 Å². The maximum Gasteiger partial charge on any atom is 0.573 e. The van der Waals surface area contributed by atoms with Gasteiger partial charge in [-0.15, -0.1) is 13.2 Å². The van der Waals surface area contributed by atoms with E-state index in [9.17, 15) is 13.2 Å². The molecule has 6 heteroatoms. The molecule has 2 nitrogen and oxygen atoms in total. The third-order valence-corrected chi connectivity index (χ3v) is 3.25. The van der Waals surface area contributed by atoms with Crippen LogP contribution in [0.1, 0.15) is 11.1 Å². The van der Waals surface area contributed by atoms with Gasteiger partial charge in [-0.05, 0) is 35.9 Å². The van der Waals surface area contributed by atoms with E-state index in [0.29, 0.717) is 5.75 Å². The van der Waals surface area contributed by atoms with Crippen LogP contribution in [0.2, 0.25) is 0 Å². The highest BCUT2D eigenvalue weighted by atomic mass is 79.9. The summed E-state index contributed by atoms with van der Waals surface area (Å²) in [7, 11) is 1.57. The standard InChI is InChI=1S/C16H12BrF3O2/c1-21-15-9-6-13(17)10-12(15)5-2-11-3-7-14(8-4-11)22-16(18,19)20/h2-10H,1H3/b5-2+. The summed E-state index contributed by atoms with van der Waals surface area (Å²) in [4.78, 5) is 0. The van der Waals surface area contributed by atoms with Crippen molar-refractivity contribution < 1.29 is 22.6 Å². The third kappa shape index (κ3) is 4.80. The predicted molar refractivity (Wildman–Crippen MR) is 82.7 cm³/mol. The molecule has 0 amide bonds. The first-order chi connectivity index (χ1) is 10.4. The van der Waals surface area contributed by atoms with Gasteiger partial charge in [-0.2, -0.15) is 0 Å². The number of methoxy groups -OCH3 is 1. The third-order valence-electron chi connectivity index (χ3n) is 2.76. The first-order valence-electron chi connectivity index (χ1n) is 6.25. The molecule has 22 heavy (non-hydrogen) atoms. The molecule has 0 spiro atoms. The number of halogens is 4. The molecule has 0 bridgehead atoms. The van der Waals surface area contributed by atoms with Crippen LogP contribution in [-0.4, -0.2) is 13.5 Å². The second-order valence-electron chi connectivity index (χ2n) is 4.34. The Labute approximate surface area is 134 Å². The summed E-state index contributed by atoms with van der Waals surface area (Å²) in [6, 6.07) is 11.2. The molecule has 0 saturated heterocycles. The Bertz CT molecular complexity index is 664. The number of benzene rings is 2. The predicted octanol–water partition coefficient (Wildman–Crippen LogP) is 5.53. The lowest BCUT2D eigenvalue weighted by molar-refractivity contribution is -0.274. The zero-order chi connectivity index (χ0) is 16.2. The second-order valence-corrected chi connectivity index (χ2v) is 5.25. The highest BCUT2D eigenvalue weighted by Crippen LogP contribution is 2.26. The average Bonchev–Trinajstić information content (AvgIpc) is 2.45. The zero-order valence-corrected chi connectivity index (χ0v) is 13.1. The molecule has 2 aromatic rings. The van der Waals surface area contributed by atoms with E-state index in [1.54, 1.807) is 25.3 Å². The van der Waals surface area contributed by atoms with Crippen molar-refractivity contribution >= 4 is 28.1 Å². The molecular formula is C16H12BrF3O2. The number of alkyl halides is 3. The van der Waals surface area contributed by atoms with E-state index in [2.05, 4.69) is 20.7 Å². The number of ether oxygens (including phenoxy) is 2. The van der Waals surface area contributed by atoms with Crippen LogP contribution in [0.3, 0.4) is 0 Å². The summed E-state index contributed by atoms with van der Waals surface area (Å²) in [6.07, 6.45) is -1.08. The summed E-state index contributed by atoms with van der Waals surface area (Å²) < 4.78 is 46.2. The monoisotopic (exact) mass is 372 g/mol. The maximum absolute atomic E-state index is 12.1. The second kappa shape index (κ2) is 6.87. The molecule has 0 saturated carbocycles. The molecule has 0 radical (unpaired) electrons. The van der Waals surface area contributed by atoms with Crippen LogP contribution in [0.15, 0.2) is 46.9 Å².